The highest BCUT2D eigenvalue weighted by molar-refractivity contribution is 9.36. The molecule has 0 fully saturated rings. The fraction of sp³-hybridized carbons (Fsp3) is 1.00. The molecule has 1 nitrogen and oxygen atoms in total. The van der Waals surface area contributed by atoms with Crippen molar-refractivity contribution >= 4 is 191 Å². The Balaban J connectivity index is 6.19. The van der Waals surface area contributed by atoms with E-state index in [9.17, 15) is 5.11 Å². The maximum atomic E-state index is 9.70. The molecule has 0 amide bonds. The van der Waals surface area contributed by atoms with Crippen LogP contribution in [-0.2, 0) is 0 Å². The molecule has 0 aromatic heterocycles. The van der Waals surface area contributed by atoms with Crippen molar-refractivity contribution in [3.05, 3.63) is 0 Å². The summed E-state index contributed by atoms with van der Waals surface area (Å²) in [4.78, 5) is 0. The van der Waals surface area contributed by atoms with E-state index in [1.54, 1.807) is 0 Å². The molecule has 22 heavy (non-hydrogen) atoms. The first-order valence-electron chi connectivity index (χ1n) is 5.25. The Morgan fingerprint density at radius 1 is 0.545 bits per heavy atom. The first-order valence-corrected chi connectivity index (χ1v) is 14.8. The van der Waals surface area contributed by atoms with Gasteiger partial charge < -0.3 is 5.11 Å². The summed E-state index contributed by atoms with van der Waals surface area (Å²) in [7, 11) is 0. The summed E-state index contributed by atoms with van der Waals surface area (Å²) >= 11 is 44.0. The van der Waals surface area contributed by atoms with Crippen LogP contribution in [0.1, 0.15) is 13.3 Å². The molecule has 0 aromatic carbocycles. The average Bonchev–Trinajstić information content (AvgIpc) is 2.37. The van der Waals surface area contributed by atoms with E-state index in [0.717, 1.165) is 6.42 Å². The fourth-order valence-electron chi connectivity index (χ4n) is 1.18. The first-order chi connectivity index (χ1) is 9.37. The molecule has 0 unspecified atom stereocenters. The maximum Gasteiger partial charge on any atom is 0.135 e. The Kier molecular flexibility index (Phi) is 11.7. The van der Waals surface area contributed by atoms with Gasteiger partial charge in [0.25, 0.3) is 0 Å². The average molecular weight is 1090 g/mol. The van der Waals surface area contributed by atoms with E-state index >= 15 is 0 Å². The zero-order valence-electron chi connectivity index (χ0n) is 10.4. The predicted molar refractivity (Wildman–Crippen MR) is 141 cm³/mol. The van der Waals surface area contributed by atoms with Crippen molar-refractivity contribution in [2.75, 3.05) is 6.61 Å². The van der Waals surface area contributed by atoms with Gasteiger partial charge in [-0.05, 0) is 6.42 Å². The number of aliphatic hydroxyl groups is 1. The SMILES string of the molecule is CCC(Br)(Br)C(Br)(Br)C(Br)(Br)C(Br)(Br)C(Br)(Br)C(Br)(Br)CO. The van der Waals surface area contributed by atoms with Gasteiger partial charge in [-0.1, -0.05) is 198 Å². The Morgan fingerprint density at radius 3 is 1.05 bits per heavy atom. The summed E-state index contributed by atoms with van der Waals surface area (Å²) in [5.41, 5.74) is 0. The zero-order chi connectivity index (χ0) is 18.4. The zero-order valence-corrected chi connectivity index (χ0v) is 29.4. The number of halogens is 12. The van der Waals surface area contributed by atoms with Gasteiger partial charge in [-0.2, -0.15) is 0 Å². The van der Waals surface area contributed by atoms with E-state index in [4.69, 9.17) is 0 Å². The minimum atomic E-state index is -0.904. The Bertz CT molecular complexity index is 363. The summed E-state index contributed by atoms with van der Waals surface area (Å²) in [6.45, 7) is 1.83. The Hall–Kier alpha value is 5.72. The number of rotatable bonds is 7. The molecule has 1 N–H and O–H groups in total. The van der Waals surface area contributed by atoms with Crippen molar-refractivity contribution in [3.63, 3.8) is 0 Å². The molecule has 13 heteroatoms. The standard InChI is InChI=1S/C9H8Br12O/c1-2-4(10,11)6(14,15)8(18,19)9(20,21)7(16,17)5(12,13)3-22/h22H,2-3H2,1H3. The molecule has 0 saturated heterocycles. The van der Waals surface area contributed by atoms with Gasteiger partial charge in [0.15, 0.2) is 0 Å². The lowest BCUT2D eigenvalue weighted by Gasteiger charge is -2.54. The highest BCUT2D eigenvalue weighted by Crippen LogP contribution is 2.73. The number of aliphatic hydroxyl groups excluding tert-OH is 1. The topological polar surface area (TPSA) is 20.2 Å². The number of hydrogen-bond donors (Lipinski definition) is 1. The van der Waals surface area contributed by atoms with E-state index in [2.05, 4.69) is 191 Å². The molecule has 0 aliphatic rings. The van der Waals surface area contributed by atoms with Crippen LogP contribution < -0.4 is 0 Å². The largest absolute Gasteiger partial charge is 0.394 e. The van der Waals surface area contributed by atoms with Crippen molar-refractivity contribution < 1.29 is 5.11 Å². The molecule has 134 valence electrons. The van der Waals surface area contributed by atoms with Crippen molar-refractivity contribution in [2.24, 2.45) is 0 Å². The third-order valence-corrected chi connectivity index (χ3v) is 27.2. The lowest BCUT2D eigenvalue weighted by atomic mass is 10.1. The van der Waals surface area contributed by atoms with Crippen LogP contribution in [0.25, 0.3) is 0 Å². The highest BCUT2D eigenvalue weighted by atomic mass is 79.9. The van der Waals surface area contributed by atoms with E-state index in [1.165, 1.54) is 0 Å². The second-order valence-corrected chi connectivity index (χ2v) is 25.5. The van der Waals surface area contributed by atoms with Crippen LogP contribution in [0.2, 0.25) is 0 Å². The quantitative estimate of drug-likeness (QED) is 0.253. The third kappa shape index (κ3) is 4.89. The summed E-state index contributed by atoms with van der Waals surface area (Å²) in [5.74, 6) is 0. The van der Waals surface area contributed by atoms with Crippen LogP contribution in [0.4, 0.5) is 0 Å². The van der Waals surface area contributed by atoms with E-state index in [-0.39, 0.29) is 6.61 Å². The smallest absolute Gasteiger partial charge is 0.135 e. The first kappa shape index (κ1) is 27.7. The van der Waals surface area contributed by atoms with Gasteiger partial charge in [-0.25, -0.2) is 0 Å². The molecule has 0 bridgehead atoms. The molecule has 0 rings (SSSR count). The van der Waals surface area contributed by atoms with Gasteiger partial charge in [-0.3, -0.25) is 0 Å². The molecule has 0 aliphatic heterocycles. The van der Waals surface area contributed by atoms with Crippen molar-refractivity contribution in [1.29, 1.82) is 0 Å². The van der Waals surface area contributed by atoms with Crippen LogP contribution in [0.3, 0.4) is 0 Å². The van der Waals surface area contributed by atoms with E-state index < -0.39 is 19.4 Å². The predicted octanol–water partition coefficient (Wildman–Crippen LogP) is 9.31. The second-order valence-electron chi connectivity index (χ2n) is 4.22. The molecule has 0 saturated carbocycles. The lowest BCUT2D eigenvalue weighted by molar-refractivity contribution is 0.282. The second kappa shape index (κ2) is 9.25. The van der Waals surface area contributed by atoms with Gasteiger partial charge in [-0.15, -0.1) is 0 Å². The summed E-state index contributed by atoms with van der Waals surface area (Å²) < 4.78 is -4.79. The summed E-state index contributed by atoms with van der Waals surface area (Å²) in [5, 5.41) is 9.70. The van der Waals surface area contributed by atoms with Crippen molar-refractivity contribution in [2.45, 2.75) is 32.7 Å². The van der Waals surface area contributed by atoms with Crippen LogP contribution in [-0.4, -0.2) is 31.1 Å². The minimum absolute atomic E-state index is 0.197. The normalized spacial score (nSPS) is 16.1. The lowest BCUT2D eigenvalue weighted by Crippen LogP contribution is -2.64. The van der Waals surface area contributed by atoms with E-state index in [0.29, 0.717) is 0 Å². The fourth-order valence-corrected chi connectivity index (χ4v) is 11.2. The molecule has 0 atom stereocenters. The van der Waals surface area contributed by atoms with Gasteiger partial charge >= 0.3 is 0 Å². The Morgan fingerprint density at radius 2 is 0.818 bits per heavy atom. The van der Waals surface area contributed by atoms with Crippen LogP contribution in [0.5, 0.6) is 0 Å². The maximum absolute atomic E-state index is 9.70. The van der Waals surface area contributed by atoms with Crippen molar-refractivity contribution in [3.8, 4) is 0 Å². The van der Waals surface area contributed by atoms with Crippen LogP contribution in [0.15, 0.2) is 0 Å². The molecule has 0 radical (unpaired) electrons. The van der Waals surface area contributed by atoms with Gasteiger partial charge in [0.2, 0.25) is 0 Å². The number of hydrogen-bond acceptors (Lipinski definition) is 1. The molecule has 0 heterocycles. The summed E-state index contributed by atoms with van der Waals surface area (Å²) in [6.07, 6.45) is 0.754. The summed E-state index contributed by atoms with van der Waals surface area (Å²) in [6, 6.07) is 0. The molecular weight excluding hydrogens is 1080 g/mol. The van der Waals surface area contributed by atoms with Gasteiger partial charge in [0.1, 0.15) is 19.4 Å². The van der Waals surface area contributed by atoms with Crippen molar-refractivity contribution in [1.82, 2.24) is 0 Å². The van der Waals surface area contributed by atoms with Gasteiger partial charge in [0.05, 0.1) is 6.61 Å². The molecular formula is C9H8Br12O. The molecule has 0 aliphatic carbocycles. The number of alkyl halides is 12. The Labute approximate surface area is 231 Å². The van der Waals surface area contributed by atoms with Gasteiger partial charge in [0, 0.05) is 0 Å². The highest BCUT2D eigenvalue weighted by Gasteiger charge is 2.72. The molecule has 0 aromatic rings. The van der Waals surface area contributed by atoms with E-state index in [1.807, 2.05) is 6.92 Å². The monoisotopic (exact) mass is 1080 g/mol. The minimum Gasteiger partial charge on any atom is -0.394 e. The third-order valence-electron chi connectivity index (χ3n) is 2.74. The van der Waals surface area contributed by atoms with Crippen LogP contribution >= 0.6 is 191 Å². The molecule has 0 spiro atoms. The van der Waals surface area contributed by atoms with Crippen LogP contribution in [0, 0.1) is 0 Å².